The van der Waals surface area contributed by atoms with E-state index in [1.165, 1.54) is 12.0 Å². The van der Waals surface area contributed by atoms with Gasteiger partial charge < -0.3 is 9.84 Å². The molecule has 4 aliphatic carbocycles. The summed E-state index contributed by atoms with van der Waals surface area (Å²) in [6, 6.07) is 0. The van der Waals surface area contributed by atoms with Crippen LogP contribution < -0.4 is 0 Å². The van der Waals surface area contributed by atoms with E-state index < -0.39 is 5.60 Å². The average molecular weight is 438 g/mol. The molecular weight excluding hydrogens is 411 g/mol. The fraction of sp³-hybridized carbons (Fsp3) is 0.619. The van der Waals surface area contributed by atoms with E-state index in [1.54, 1.807) is 7.11 Å². The standard InChI is InChI=1S/C21H27IO2/c1-20-9-7-17-16-6-4-15(24-2)13-14(16)3-5-18(17)19(20)8-10-21(20,23)11-12-22/h3-4,6,11-13,16-19,23H,5,7-10H2,1-2H3/t16-,17+,18+,19-,20-,21+/m0/s1. The van der Waals surface area contributed by atoms with Crippen molar-refractivity contribution in [1.29, 1.82) is 0 Å². The predicted molar refractivity (Wildman–Crippen MR) is 106 cm³/mol. The maximum atomic E-state index is 11.3. The first kappa shape index (κ1) is 16.9. The molecule has 3 heteroatoms. The molecule has 0 aromatic heterocycles. The molecule has 0 heterocycles. The minimum atomic E-state index is -0.612. The zero-order chi connectivity index (χ0) is 16.9. The Labute approximate surface area is 158 Å². The van der Waals surface area contributed by atoms with E-state index in [0.29, 0.717) is 17.8 Å². The van der Waals surface area contributed by atoms with Crippen LogP contribution in [-0.2, 0) is 4.74 Å². The number of allylic oxidation sites excluding steroid dienone is 5. The first-order valence-corrected chi connectivity index (χ1v) is 10.4. The van der Waals surface area contributed by atoms with Crippen molar-refractivity contribution in [2.45, 2.75) is 44.6 Å². The van der Waals surface area contributed by atoms with Crippen LogP contribution in [0.25, 0.3) is 0 Å². The lowest BCUT2D eigenvalue weighted by atomic mass is 9.52. The highest BCUT2D eigenvalue weighted by Crippen LogP contribution is 2.64. The third-order valence-electron chi connectivity index (χ3n) is 7.53. The zero-order valence-corrected chi connectivity index (χ0v) is 16.7. The van der Waals surface area contributed by atoms with Gasteiger partial charge in [-0.15, -0.1) is 0 Å². The van der Waals surface area contributed by atoms with Gasteiger partial charge in [-0.3, -0.25) is 0 Å². The monoisotopic (exact) mass is 438 g/mol. The van der Waals surface area contributed by atoms with E-state index in [0.717, 1.165) is 37.4 Å². The molecule has 2 fully saturated rings. The maximum absolute atomic E-state index is 11.3. The Bertz CT molecular complexity index is 646. The second-order valence-corrected chi connectivity index (χ2v) is 8.94. The van der Waals surface area contributed by atoms with E-state index in [4.69, 9.17) is 4.74 Å². The molecule has 6 atom stereocenters. The molecule has 0 bridgehead atoms. The summed E-state index contributed by atoms with van der Waals surface area (Å²) in [4.78, 5) is 0. The molecule has 0 aromatic rings. The van der Waals surface area contributed by atoms with Crippen molar-refractivity contribution < 1.29 is 9.84 Å². The van der Waals surface area contributed by atoms with Gasteiger partial charge in [-0.2, -0.15) is 0 Å². The molecule has 1 N–H and O–H groups in total. The van der Waals surface area contributed by atoms with Crippen molar-refractivity contribution in [3.05, 3.63) is 45.8 Å². The number of rotatable bonds is 2. The topological polar surface area (TPSA) is 29.5 Å². The Morgan fingerprint density at radius 2 is 2.12 bits per heavy atom. The van der Waals surface area contributed by atoms with Gasteiger partial charge in [0.2, 0.25) is 0 Å². The Morgan fingerprint density at radius 1 is 1.29 bits per heavy atom. The summed E-state index contributed by atoms with van der Waals surface area (Å²) in [5.74, 6) is 3.57. The maximum Gasteiger partial charge on any atom is 0.118 e. The molecule has 4 aliphatic rings. The molecule has 0 saturated heterocycles. The van der Waals surface area contributed by atoms with E-state index in [9.17, 15) is 5.11 Å². The highest BCUT2D eigenvalue weighted by molar-refractivity contribution is 14.1. The summed E-state index contributed by atoms with van der Waals surface area (Å²) in [6.45, 7) is 2.34. The van der Waals surface area contributed by atoms with Crippen molar-refractivity contribution in [1.82, 2.24) is 0 Å². The Kier molecular flexibility index (Phi) is 4.23. The molecule has 4 rings (SSSR count). The first-order valence-electron chi connectivity index (χ1n) is 9.17. The molecule has 0 spiro atoms. The molecule has 0 radical (unpaired) electrons. The smallest absolute Gasteiger partial charge is 0.118 e. The van der Waals surface area contributed by atoms with Crippen LogP contribution in [0.4, 0.5) is 0 Å². The molecule has 2 saturated carbocycles. The van der Waals surface area contributed by atoms with Gasteiger partial charge in [0.25, 0.3) is 0 Å². The van der Waals surface area contributed by atoms with E-state index in [-0.39, 0.29) is 5.41 Å². The second kappa shape index (κ2) is 6.01. The lowest BCUT2D eigenvalue weighted by Gasteiger charge is -2.53. The van der Waals surface area contributed by atoms with Gasteiger partial charge in [0, 0.05) is 11.3 Å². The number of halogens is 1. The highest BCUT2D eigenvalue weighted by Gasteiger charge is 2.60. The van der Waals surface area contributed by atoms with Crippen LogP contribution >= 0.6 is 22.6 Å². The predicted octanol–water partition coefficient (Wildman–Crippen LogP) is 5.16. The number of ether oxygens (including phenoxy) is 1. The Balaban J connectivity index is 1.65. The van der Waals surface area contributed by atoms with Gasteiger partial charge in [-0.1, -0.05) is 41.7 Å². The first-order chi connectivity index (χ1) is 11.5. The fourth-order valence-electron chi connectivity index (χ4n) is 6.13. The highest BCUT2D eigenvalue weighted by atomic mass is 127. The minimum Gasteiger partial charge on any atom is -0.497 e. The van der Waals surface area contributed by atoms with Crippen molar-refractivity contribution in [2.75, 3.05) is 7.11 Å². The normalized spacial score (nSPS) is 46.8. The van der Waals surface area contributed by atoms with E-state index in [2.05, 4.69) is 59.9 Å². The fourth-order valence-corrected chi connectivity index (χ4v) is 6.73. The minimum absolute atomic E-state index is 0.0348. The summed E-state index contributed by atoms with van der Waals surface area (Å²) in [5.41, 5.74) is 0.867. The molecule has 0 unspecified atom stereocenters. The second-order valence-electron chi connectivity index (χ2n) is 8.22. The molecule has 0 aliphatic heterocycles. The quantitative estimate of drug-likeness (QED) is 0.604. The van der Waals surface area contributed by atoms with E-state index >= 15 is 0 Å². The van der Waals surface area contributed by atoms with Crippen molar-refractivity contribution in [3.8, 4) is 0 Å². The Morgan fingerprint density at radius 3 is 2.88 bits per heavy atom. The van der Waals surface area contributed by atoms with Gasteiger partial charge in [-0.05, 0) is 77.7 Å². The van der Waals surface area contributed by atoms with Gasteiger partial charge in [0.05, 0.1) is 12.7 Å². The van der Waals surface area contributed by atoms with Crippen molar-refractivity contribution in [3.63, 3.8) is 0 Å². The number of fused-ring (bicyclic) bond motifs is 5. The van der Waals surface area contributed by atoms with Gasteiger partial charge in [-0.25, -0.2) is 0 Å². The molecule has 2 nitrogen and oxygen atoms in total. The molecule has 0 amide bonds. The molecule has 24 heavy (non-hydrogen) atoms. The lowest BCUT2D eigenvalue weighted by Crippen LogP contribution is -2.51. The largest absolute Gasteiger partial charge is 0.497 e. The average Bonchev–Trinajstić information content (AvgIpc) is 2.86. The summed E-state index contributed by atoms with van der Waals surface area (Å²) in [5, 5.41) is 11.3. The van der Waals surface area contributed by atoms with Crippen LogP contribution in [0.5, 0.6) is 0 Å². The number of aliphatic hydroxyl groups is 1. The van der Waals surface area contributed by atoms with E-state index in [1.807, 2.05) is 4.08 Å². The third kappa shape index (κ3) is 2.30. The van der Waals surface area contributed by atoms with Crippen molar-refractivity contribution in [2.24, 2.45) is 29.1 Å². The summed E-state index contributed by atoms with van der Waals surface area (Å²) in [6.07, 6.45) is 16.8. The van der Waals surface area contributed by atoms with Crippen LogP contribution in [0, 0.1) is 29.1 Å². The van der Waals surface area contributed by atoms with Crippen molar-refractivity contribution >= 4 is 22.6 Å². The Hall–Kier alpha value is -0.550. The van der Waals surface area contributed by atoms with Crippen LogP contribution in [0.15, 0.2) is 45.8 Å². The lowest BCUT2D eigenvalue weighted by molar-refractivity contribution is -0.0824. The van der Waals surface area contributed by atoms with Gasteiger partial charge in [0.1, 0.15) is 5.76 Å². The van der Waals surface area contributed by atoms with Gasteiger partial charge in [0.15, 0.2) is 0 Å². The third-order valence-corrected chi connectivity index (χ3v) is 7.89. The molecule has 0 aromatic carbocycles. The summed E-state index contributed by atoms with van der Waals surface area (Å²) in [7, 11) is 1.74. The SMILES string of the molecule is COC1=CC2=CC[C@@H]3[C@H](CC[C@@]4(C)[C@H]3CC[C@@]4(O)C=CI)[C@H]2C=C1. The summed E-state index contributed by atoms with van der Waals surface area (Å²) >= 11 is 2.25. The number of methoxy groups -OCH3 is 1. The summed E-state index contributed by atoms with van der Waals surface area (Å²) < 4.78 is 7.42. The van der Waals surface area contributed by atoms with Crippen LogP contribution in [0.2, 0.25) is 0 Å². The molecular formula is C21H27IO2. The zero-order valence-electron chi connectivity index (χ0n) is 14.5. The van der Waals surface area contributed by atoms with Crippen LogP contribution in [0.1, 0.15) is 39.0 Å². The van der Waals surface area contributed by atoms with Crippen LogP contribution in [0.3, 0.4) is 0 Å². The molecule has 130 valence electrons. The number of hydrogen-bond acceptors (Lipinski definition) is 2. The number of hydrogen-bond donors (Lipinski definition) is 1. The van der Waals surface area contributed by atoms with Crippen LogP contribution in [-0.4, -0.2) is 17.8 Å². The van der Waals surface area contributed by atoms with Gasteiger partial charge >= 0.3 is 0 Å².